The minimum absolute atomic E-state index is 0.153. The van der Waals surface area contributed by atoms with Crippen molar-refractivity contribution in [2.75, 3.05) is 6.61 Å². The Morgan fingerprint density at radius 2 is 1.85 bits per heavy atom. The van der Waals surface area contributed by atoms with E-state index in [0.29, 0.717) is 32.3 Å². The van der Waals surface area contributed by atoms with Gasteiger partial charge in [0.25, 0.3) is 11.2 Å². The number of furan rings is 1. The van der Waals surface area contributed by atoms with Gasteiger partial charge in [0.2, 0.25) is 0 Å². The zero-order valence-electron chi connectivity index (χ0n) is 25.1. The van der Waals surface area contributed by atoms with E-state index < -0.39 is 16.9 Å². The minimum atomic E-state index is -0.808. The number of carbonyl (C=O) groups excluding carboxylic acids is 1. The largest absolute Gasteiger partial charge is 0.463 e. The van der Waals surface area contributed by atoms with Gasteiger partial charge >= 0.3 is 5.97 Å². The second kappa shape index (κ2) is 12.7. The number of carbonyl (C=O) groups is 1. The van der Waals surface area contributed by atoms with Crippen molar-refractivity contribution in [1.29, 1.82) is 0 Å². The normalized spacial score (nSPS) is 14.7. The fourth-order valence-corrected chi connectivity index (χ4v) is 6.53. The molecule has 6 rings (SSSR count). The van der Waals surface area contributed by atoms with Crippen LogP contribution in [0.1, 0.15) is 55.2 Å². The maximum atomic E-state index is 14.2. The van der Waals surface area contributed by atoms with Gasteiger partial charge in [0, 0.05) is 22.7 Å². The van der Waals surface area contributed by atoms with Crippen LogP contribution in [0.4, 0.5) is 5.69 Å². The molecular weight excluding hydrogens is 626 g/mol. The number of nitro benzene ring substituents is 1. The molecule has 1 aliphatic rings. The Labute approximate surface area is 272 Å². The van der Waals surface area contributed by atoms with Gasteiger partial charge in [0.1, 0.15) is 11.5 Å². The Balaban J connectivity index is 1.55. The number of benzene rings is 3. The van der Waals surface area contributed by atoms with E-state index in [1.165, 1.54) is 16.7 Å². The maximum absolute atomic E-state index is 14.2. The van der Waals surface area contributed by atoms with Crippen LogP contribution >= 0.6 is 22.9 Å². The van der Waals surface area contributed by atoms with E-state index in [9.17, 15) is 19.7 Å². The third-order valence-corrected chi connectivity index (χ3v) is 8.83. The molecule has 0 saturated heterocycles. The maximum Gasteiger partial charge on any atom is 0.338 e. The molecule has 2 aromatic heterocycles. The first-order valence-corrected chi connectivity index (χ1v) is 15.8. The van der Waals surface area contributed by atoms with Crippen molar-refractivity contribution in [1.82, 2.24) is 4.57 Å². The fourth-order valence-electron chi connectivity index (χ4n) is 5.39. The van der Waals surface area contributed by atoms with E-state index in [-0.39, 0.29) is 39.8 Å². The molecule has 11 heteroatoms. The molecule has 46 heavy (non-hydrogen) atoms. The van der Waals surface area contributed by atoms with Crippen LogP contribution in [0.15, 0.2) is 105 Å². The van der Waals surface area contributed by atoms with Gasteiger partial charge in [-0.05, 0) is 48.2 Å². The number of aromatic nitrogens is 1. The lowest BCUT2D eigenvalue weighted by molar-refractivity contribution is -0.384. The van der Waals surface area contributed by atoms with E-state index in [0.717, 1.165) is 22.5 Å². The van der Waals surface area contributed by atoms with Gasteiger partial charge in [-0.1, -0.05) is 91.4 Å². The molecule has 232 valence electrons. The van der Waals surface area contributed by atoms with Crippen molar-refractivity contribution in [3.8, 4) is 11.3 Å². The number of fused-ring (bicyclic) bond motifs is 1. The Morgan fingerprint density at radius 3 is 2.52 bits per heavy atom. The van der Waals surface area contributed by atoms with Gasteiger partial charge in [-0.3, -0.25) is 19.5 Å². The molecule has 0 unspecified atom stereocenters. The molecule has 3 heterocycles. The van der Waals surface area contributed by atoms with Crippen LogP contribution in [0.2, 0.25) is 5.02 Å². The zero-order valence-corrected chi connectivity index (χ0v) is 26.7. The summed E-state index contributed by atoms with van der Waals surface area (Å²) < 4.78 is 13.3. The van der Waals surface area contributed by atoms with Crippen molar-refractivity contribution in [3.05, 3.63) is 148 Å². The molecule has 0 bridgehead atoms. The van der Waals surface area contributed by atoms with Gasteiger partial charge in [-0.2, -0.15) is 0 Å². The lowest BCUT2D eigenvalue weighted by Gasteiger charge is -2.26. The number of hydrogen-bond donors (Lipinski definition) is 0. The monoisotopic (exact) mass is 653 g/mol. The molecule has 1 aliphatic heterocycles. The molecule has 0 fully saturated rings. The third-order valence-electron chi connectivity index (χ3n) is 7.61. The topological polar surface area (TPSA) is 117 Å². The van der Waals surface area contributed by atoms with Crippen molar-refractivity contribution >= 4 is 46.4 Å². The van der Waals surface area contributed by atoms with Crippen LogP contribution in [-0.2, 0) is 9.53 Å². The van der Waals surface area contributed by atoms with Gasteiger partial charge < -0.3 is 9.15 Å². The summed E-state index contributed by atoms with van der Waals surface area (Å²) in [5, 5.41) is 11.9. The predicted octanol–water partition coefficient (Wildman–Crippen LogP) is 6.88. The summed E-state index contributed by atoms with van der Waals surface area (Å²) in [5.74, 6) is 0.303. The highest BCUT2D eigenvalue weighted by molar-refractivity contribution is 7.07. The van der Waals surface area contributed by atoms with Crippen molar-refractivity contribution < 1.29 is 18.9 Å². The number of nitrogens with zero attached hydrogens (tertiary/aromatic N) is 3. The van der Waals surface area contributed by atoms with E-state index in [4.69, 9.17) is 25.7 Å². The standard InChI is InChI=1S/C35H28ClN3O6S/c1-4-44-34(41)30-31(22-8-6-5-7-9-22)37-35-38(32(30)23-12-10-21(11-13-23)20(2)3)33(40)29(46-35)19-25-15-17-28(45-25)26-16-14-24(36)18-27(26)39(42)43/h5-20,32H,4H2,1-3H3/b29-19-/t32-/m1/s1. The molecule has 5 aromatic rings. The molecule has 0 N–H and O–H groups in total. The minimum Gasteiger partial charge on any atom is -0.463 e. The van der Waals surface area contributed by atoms with Crippen LogP contribution in [0, 0.1) is 10.1 Å². The molecule has 0 saturated carbocycles. The number of rotatable bonds is 8. The average Bonchev–Trinajstić information content (AvgIpc) is 3.64. The summed E-state index contributed by atoms with van der Waals surface area (Å²) in [6.07, 6.45) is 1.57. The van der Waals surface area contributed by atoms with Gasteiger partial charge in [0.15, 0.2) is 4.80 Å². The predicted molar refractivity (Wildman–Crippen MR) is 177 cm³/mol. The van der Waals surface area contributed by atoms with Crippen LogP contribution in [0.5, 0.6) is 0 Å². The summed E-state index contributed by atoms with van der Waals surface area (Å²) in [4.78, 5) is 44.2. The molecule has 0 spiro atoms. The summed E-state index contributed by atoms with van der Waals surface area (Å²) in [7, 11) is 0. The van der Waals surface area contributed by atoms with Gasteiger partial charge in [-0.15, -0.1) is 0 Å². The fraction of sp³-hybridized carbons (Fsp3) is 0.171. The first-order valence-electron chi connectivity index (χ1n) is 14.6. The van der Waals surface area contributed by atoms with Crippen molar-refractivity contribution in [3.63, 3.8) is 0 Å². The Hall–Kier alpha value is -5.06. The lowest BCUT2D eigenvalue weighted by Crippen LogP contribution is -2.40. The number of hydrogen-bond acceptors (Lipinski definition) is 8. The van der Waals surface area contributed by atoms with E-state index >= 15 is 0 Å². The van der Waals surface area contributed by atoms with Crippen LogP contribution in [-0.4, -0.2) is 22.1 Å². The second-order valence-corrected chi connectivity index (χ2v) is 12.3. The Bertz CT molecular complexity index is 2180. The van der Waals surface area contributed by atoms with Gasteiger partial charge in [-0.25, -0.2) is 9.79 Å². The quantitative estimate of drug-likeness (QED) is 0.102. The highest BCUT2D eigenvalue weighted by Crippen LogP contribution is 2.36. The molecule has 0 amide bonds. The first kappa shape index (κ1) is 30.9. The average molecular weight is 654 g/mol. The molecule has 0 aliphatic carbocycles. The Kier molecular flexibility index (Phi) is 8.57. The van der Waals surface area contributed by atoms with Gasteiger partial charge in [0.05, 0.1) is 38.9 Å². The second-order valence-electron chi connectivity index (χ2n) is 10.9. The Morgan fingerprint density at radius 1 is 1.11 bits per heavy atom. The third kappa shape index (κ3) is 5.84. The SMILES string of the molecule is CCOC(=O)C1=C(c2ccccc2)N=c2s/c(=C\c3ccc(-c4ccc(Cl)cc4[N+](=O)[O-])o3)c(=O)n2[C@@H]1c1ccc(C(C)C)cc1. The zero-order chi connectivity index (χ0) is 32.5. The summed E-state index contributed by atoms with van der Waals surface area (Å²) in [6.45, 7) is 6.08. The van der Waals surface area contributed by atoms with Crippen molar-refractivity contribution in [2.24, 2.45) is 4.99 Å². The summed E-state index contributed by atoms with van der Waals surface area (Å²) in [5.41, 5.74) is 2.95. The number of ether oxygens (including phenoxy) is 1. The number of thiazole rings is 1. The van der Waals surface area contributed by atoms with E-state index in [1.807, 2.05) is 54.6 Å². The molecule has 3 aromatic carbocycles. The first-order chi connectivity index (χ1) is 22.2. The lowest BCUT2D eigenvalue weighted by atomic mass is 9.91. The molecule has 0 radical (unpaired) electrons. The van der Waals surface area contributed by atoms with E-state index in [2.05, 4.69) is 13.8 Å². The van der Waals surface area contributed by atoms with E-state index in [1.54, 1.807) is 31.2 Å². The summed E-state index contributed by atoms with van der Waals surface area (Å²) in [6, 6.07) is 24.0. The highest BCUT2D eigenvalue weighted by atomic mass is 35.5. The molecular formula is C35H28ClN3O6S. The highest BCUT2D eigenvalue weighted by Gasteiger charge is 2.35. The van der Waals surface area contributed by atoms with Crippen LogP contribution in [0.25, 0.3) is 23.1 Å². The van der Waals surface area contributed by atoms with Crippen LogP contribution in [0.3, 0.4) is 0 Å². The van der Waals surface area contributed by atoms with Crippen molar-refractivity contribution in [2.45, 2.75) is 32.7 Å². The smallest absolute Gasteiger partial charge is 0.338 e. The van der Waals surface area contributed by atoms with Crippen LogP contribution < -0.4 is 14.9 Å². The molecule has 9 nitrogen and oxygen atoms in total. The molecule has 1 atom stereocenters. The number of nitro groups is 1. The summed E-state index contributed by atoms with van der Waals surface area (Å²) >= 11 is 7.14. The number of esters is 1. The number of halogens is 1.